The summed E-state index contributed by atoms with van der Waals surface area (Å²) in [6.45, 7) is 4.11. The second-order valence-electron chi connectivity index (χ2n) is 4.06. The fraction of sp³-hybridized carbons (Fsp3) is 0.357. The fourth-order valence-corrected chi connectivity index (χ4v) is 1.37. The molecule has 98 valence electrons. The van der Waals surface area contributed by atoms with Gasteiger partial charge in [-0.2, -0.15) is 0 Å². The number of rotatable bonds is 6. The van der Waals surface area contributed by atoms with Gasteiger partial charge in [0, 0.05) is 5.57 Å². The van der Waals surface area contributed by atoms with E-state index in [1.54, 1.807) is 12.1 Å². The molecule has 4 nitrogen and oxygen atoms in total. The molecular formula is C14H18O4. The lowest BCUT2D eigenvalue weighted by atomic mass is 10.1. The van der Waals surface area contributed by atoms with Crippen LogP contribution in [0.1, 0.15) is 32.3 Å². The van der Waals surface area contributed by atoms with Gasteiger partial charge in [-0.3, -0.25) is 0 Å². The molecule has 1 aromatic carbocycles. The molecule has 0 fully saturated rings. The van der Waals surface area contributed by atoms with Crippen LogP contribution < -0.4 is 4.74 Å². The molecule has 18 heavy (non-hydrogen) atoms. The molecule has 0 aromatic heterocycles. The van der Waals surface area contributed by atoms with E-state index in [1.165, 1.54) is 19.1 Å². The van der Waals surface area contributed by atoms with Gasteiger partial charge in [0.25, 0.3) is 0 Å². The van der Waals surface area contributed by atoms with E-state index >= 15 is 0 Å². The number of hydrogen-bond acceptors (Lipinski definition) is 3. The molecule has 0 aliphatic rings. The molecule has 0 bridgehead atoms. The highest BCUT2D eigenvalue weighted by Gasteiger charge is 2.05. The van der Waals surface area contributed by atoms with Gasteiger partial charge in [-0.05, 0) is 37.1 Å². The average Bonchev–Trinajstić information content (AvgIpc) is 2.33. The highest BCUT2D eigenvalue weighted by Crippen LogP contribution is 2.28. The number of aliphatic carboxylic acids is 1. The van der Waals surface area contributed by atoms with Crippen molar-refractivity contribution >= 4 is 12.0 Å². The molecule has 0 heterocycles. The summed E-state index contributed by atoms with van der Waals surface area (Å²) in [6.07, 6.45) is 3.46. The van der Waals surface area contributed by atoms with E-state index in [0.717, 1.165) is 12.8 Å². The first-order valence-corrected chi connectivity index (χ1v) is 5.92. The van der Waals surface area contributed by atoms with Crippen molar-refractivity contribution < 1.29 is 19.7 Å². The van der Waals surface area contributed by atoms with Crippen LogP contribution in [0.2, 0.25) is 0 Å². The Labute approximate surface area is 107 Å². The lowest BCUT2D eigenvalue weighted by molar-refractivity contribution is -0.132. The quantitative estimate of drug-likeness (QED) is 0.601. The Morgan fingerprint density at radius 1 is 1.44 bits per heavy atom. The zero-order valence-corrected chi connectivity index (χ0v) is 10.6. The molecule has 2 N–H and O–H groups in total. The highest BCUT2D eigenvalue weighted by atomic mass is 16.5. The standard InChI is InChI=1S/C14H18O4/c1-3-4-7-18-13-9-11(5-6-12(13)15)8-10(2)14(16)17/h5-6,8-9,15H,3-4,7H2,1-2H3,(H,16,17)/b10-8+. The van der Waals surface area contributed by atoms with Crippen molar-refractivity contribution in [2.75, 3.05) is 6.61 Å². The Morgan fingerprint density at radius 2 is 2.17 bits per heavy atom. The van der Waals surface area contributed by atoms with Gasteiger partial charge in [0.2, 0.25) is 0 Å². The number of ether oxygens (including phenoxy) is 1. The molecule has 0 saturated heterocycles. The fourth-order valence-electron chi connectivity index (χ4n) is 1.37. The molecule has 1 aromatic rings. The van der Waals surface area contributed by atoms with Crippen LogP contribution in [0.25, 0.3) is 6.08 Å². The molecule has 0 atom stereocenters. The summed E-state index contributed by atoms with van der Waals surface area (Å²) in [5.74, 6) is -0.511. The Bertz CT molecular complexity index is 449. The van der Waals surface area contributed by atoms with Gasteiger partial charge < -0.3 is 14.9 Å². The molecule has 1 rings (SSSR count). The summed E-state index contributed by atoms with van der Waals surface area (Å²) in [5.41, 5.74) is 0.930. The monoisotopic (exact) mass is 250 g/mol. The summed E-state index contributed by atoms with van der Waals surface area (Å²) >= 11 is 0. The zero-order valence-electron chi connectivity index (χ0n) is 10.6. The molecular weight excluding hydrogens is 232 g/mol. The van der Waals surface area contributed by atoms with Crippen molar-refractivity contribution in [3.8, 4) is 11.5 Å². The van der Waals surface area contributed by atoms with Gasteiger partial charge in [0.05, 0.1) is 6.61 Å². The SMILES string of the molecule is CCCCOc1cc(/C=C(\C)C(=O)O)ccc1O. The van der Waals surface area contributed by atoms with E-state index < -0.39 is 5.97 Å². The summed E-state index contributed by atoms with van der Waals surface area (Å²) in [6, 6.07) is 4.79. The lowest BCUT2D eigenvalue weighted by Gasteiger charge is -2.08. The van der Waals surface area contributed by atoms with E-state index in [0.29, 0.717) is 17.9 Å². The first-order chi connectivity index (χ1) is 8.54. The first kappa shape index (κ1) is 14.1. The van der Waals surface area contributed by atoms with Crippen molar-refractivity contribution in [3.63, 3.8) is 0 Å². The van der Waals surface area contributed by atoms with Gasteiger partial charge in [-0.1, -0.05) is 19.4 Å². The lowest BCUT2D eigenvalue weighted by Crippen LogP contribution is -1.98. The van der Waals surface area contributed by atoms with Gasteiger partial charge >= 0.3 is 5.97 Å². The van der Waals surface area contributed by atoms with Crippen LogP contribution in [0.4, 0.5) is 0 Å². The van der Waals surface area contributed by atoms with Crippen LogP contribution in [0.5, 0.6) is 11.5 Å². The summed E-state index contributed by atoms with van der Waals surface area (Å²) in [7, 11) is 0. The molecule has 0 aliphatic heterocycles. The van der Waals surface area contributed by atoms with Crippen LogP contribution in [0.15, 0.2) is 23.8 Å². The van der Waals surface area contributed by atoms with Gasteiger partial charge in [0.1, 0.15) is 0 Å². The molecule has 0 amide bonds. The third kappa shape index (κ3) is 4.13. The third-order valence-corrected chi connectivity index (χ3v) is 2.46. The first-order valence-electron chi connectivity index (χ1n) is 5.92. The summed E-state index contributed by atoms with van der Waals surface area (Å²) in [5, 5.41) is 18.4. The molecule has 0 aliphatic carbocycles. The maximum atomic E-state index is 10.7. The van der Waals surface area contributed by atoms with E-state index in [4.69, 9.17) is 9.84 Å². The third-order valence-electron chi connectivity index (χ3n) is 2.46. The predicted molar refractivity (Wildman–Crippen MR) is 69.8 cm³/mol. The largest absolute Gasteiger partial charge is 0.504 e. The Morgan fingerprint density at radius 3 is 2.78 bits per heavy atom. The van der Waals surface area contributed by atoms with Crippen LogP contribution in [-0.2, 0) is 4.79 Å². The molecule has 4 heteroatoms. The number of hydrogen-bond donors (Lipinski definition) is 2. The number of carboxylic acid groups (broad SMARTS) is 1. The molecule has 0 unspecified atom stereocenters. The van der Waals surface area contributed by atoms with Crippen molar-refractivity contribution in [2.24, 2.45) is 0 Å². The molecule has 0 saturated carbocycles. The Hall–Kier alpha value is -1.97. The van der Waals surface area contributed by atoms with E-state index in [-0.39, 0.29) is 11.3 Å². The minimum absolute atomic E-state index is 0.0660. The highest BCUT2D eigenvalue weighted by molar-refractivity contribution is 5.91. The second kappa shape index (κ2) is 6.69. The van der Waals surface area contributed by atoms with Crippen molar-refractivity contribution in [1.82, 2.24) is 0 Å². The summed E-state index contributed by atoms with van der Waals surface area (Å²) in [4.78, 5) is 10.7. The number of phenolic OH excluding ortho intramolecular Hbond substituents is 1. The van der Waals surface area contributed by atoms with E-state index in [2.05, 4.69) is 6.92 Å². The minimum atomic E-state index is -0.962. The van der Waals surface area contributed by atoms with E-state index in [9.17, 15) is 9.90 Å². The number of phenols is 1. The van der Waals surface area contributed by atoms with Crippen molar-refractivity contribution in [1.29, 1.82) is 0 Å². The number of aromatic hydroxyl groups is 1. The second-order valence-corrected chi connectivity index (χ2v) is 4.06. The Balaban J connectivity index is 2.86. The van der Waals surface area contributed by atoms with Gasteiger partial charge in [0.15, 0.2) is 11.5 Å². The maximum absolute atomic E-state index is 10.7. The van der Waals surface area contributed by atoms with Crippen LogP contribution in [-0.4, -0.2) is 22.8 Å². The number of carbonyl (C=O) groups is 1. The van der Waals surface area contributed by atoms with Crippen LogP contribution in [0.3, 0.4) is 0 Å². The Kier molecular flexibility index (Phi) is 5.24. The maximum Gasteiger partial charge on any atom is 0.331 e. The predicted octanol–water partition coefficient (Wildman–Crippen LogP) is 3.06. The van der Waals surface area contributed by atoms with Gasteiger partial charge in [-0.15, -0.1) is 0 Å². The number of benzene rings is 1. The van der Waals surface area contributed by atoms with Crippen LogP contribution in [0, 0.1) is 0 Å². The van der Waals surface area contributed by atoms with Crippen molar-refractivity contribution in [2.45, 2.75) is 26.7 Å². The average molecular weight is 250 g/mol. The smallest absolute Gasteiger partial charge is 0.331 e. The topological polar surface area (TPSA) is 66.8 Å². The van der Waals surface area contributed by atoms with E-state index in [1.807, 2.05) is 0 Å². The minimum Gasteiger partial charge on any atom is -0.504 e. The van der Waals surface area contributed by atoms with Gasteiger partial charge in [-0.25, -0.2) is 4.79 Å². The normalized spacial score (nSPS) is 11.3. The zero-order chi connectivity index (χ0) is 13.5. The number of unbranched alkanes of at least 4 members (excludes halogenated alkanes) is 1. The number of carboxylic acids is 1. The van der Waals surface area contributed by atoms with Crippen LogP contribution >= 0.6 is 0 Å². The summed E-state index contributed by atoms with van der Waals surface area (Å²) < 4.78 is 5.43. The molecule has 0 radical (unpaired) electrons. The van der Waals surface area contributed by atoms with Crippen molar-refractivity contribution in [3.05, 3.63) is 29.3 Å². The molecule has 0 spiro atoms.